The molecule has 6 nitrogen and oxygen atoms in total. The van der Waals surface area contributed by atoms with Crippen LogP contribution in [0.4, 0.5) is 18.0 Å². The van der Waals surface area contributed by atoms with Crippen molar-refractivity contribution in [2.75, 3.05) is 33.2 Å². The molecule has 0 spiro atoms. The number of urea groups is 1. The van der Waals surface area contributed by atoms with Gasteiger partial charge in [-0.2, -0.15) is 0 Å². The summed E-state index contributed by atoms with van der Waals surface area (Å²) in [5.74, 6) is -3.88. The smallest absolute Gasteiger partial charge is 0.322 e. The van der Waals surface area contributed by atoms with Crippen LogP contribution in [0.25, 0.3) is 0 Å². The minimum Gasteiger partial charge on any atom is -0.333 e. The van der Waals surface area contributed by atoms with Crippen molar-refractivity contribution < 1.29 is 22.8 Å². The van der Waals surface area contributed by atoms with E-state index in [2.05, 4.69) is 17.1 Å². The molecule has 1 aromatic carbocycles. The Morgan fingerprint density at radius 2 is 1.81 bits per heavy atom. The van der Waals surface area contributed by atoms with Crippen molar-refractivity contribution in [2.45, 2.75) is 44.7 Å². The van der Waals surface area contributed by atoms with E-state index in [4.69, 9.17) is 0 Å². The molecular formula is C22H27F3N4O2. The summed E-state index contributed by atoms with van der Waals surface area (Å²) in [4.78, 5) is 31.0. The molecule has 31 heavy (non-hydrogen) atoms. The summed E-state index contributed by atoms with van der Waals surface area (Å²) in [6.07, 6.45) is 4.39. The molecule has 3 aliphatic rings. The van der Waals surface area contributed by atoms with Gasteiger partial charge in [-0.1, -0.05) is 6.42 Å². The molecule has 3 aliphatic heterocycles. The normalized spacial score (nSPS) is 24.7. The fraction of sp³-hybridized carbons (Fsp3) is 0.545. The molecule has 0 aromatic heterocycles. The number of hydrogen-bond donors (Lipinski definition) is 1. The lowest BCUT2D eigenvalue weighted by atomic mass is 9.95. The highest BCUT2D eigenvalue weighted by atomic mass is 19.2. The van der Waals surface area contributed by atoms with E-state index in [0.29, 0.717) is 30.4 Å². The minimum atomic E-state index is -1.32. The van der Waals surface area contributed by atoms with Crippen LogP contribution >= 0.6 is 0 Å². The fourth-order valence-electron chi connectivity index (χ4n) is 4.75. The molecule has 1 saturated heterocycles. The van der Waals surface area contributed by atoms with Gasteiger partial charge in [-0.3, -0.25) is 9.69 Å². The molecule has 1 N–H and O–H groups in total. The molecule has 0 bridgehead atoms. The Morgan fingerprint density at radius 1 is 1.06 bits per heavy atom. The number of halogens is 3. The first kappa shape index (κ1) is 21.7. The maximum Gasteiger partial charge on any atom is 0.322 e. The maximum absolute atomic E-state index is 14.4. The van der Waals surface area contributed by atoms with Crippen LogP contribution in [0.15, 0.2) is 23.4 Å². The number of carbonyl (C=O) groups excluding carboxylic acids is 2. The molecule has 0 radical (unpaired) electrons. The zero-order valence-corrected chi connectivity index (χ0v) is 17.8. The van der Waals surface area contributed by atoms with Crippen LogP contribution in [-0.2, 0) is 4.79 Å². The number of likely N-dealkylation sites (N-methyl/N-ethyl adjacent to an activating group) is 1. The first-order chi connectivity index (χ1) is 14.8. The molecule has 9 heteroatoms. The number of rotatable bonds is 5. The predicted octanol–water partition coefficient (Wildman–Crippen LogP) is 3.16. The second-order valence-corrected chi connectivity index (χ2v) is 8.55. The highest BCUT2D eigenvalue weighted by Gasteiger charge is 2.43. The van der Waals surface area contributed by atoms with E-state index in [-0.39, 0.29) is 23.6 Å². The van der Waals surface area contributed by atoms with Gasteiger partial charge in [0.05, 0.1) is 23.9 Å². The summed E-state index contributed by atoms with van der Waals surface area (Å²) >= 11 is 0. The van der Waals surface area contributed by atoms with Crippen LogP contribution < -0.4 is 5.32 Å². The molecule has 4 rings (SSSR count). The number of piperidine rings is 1. The lowest BCUT2D eigenvalue weighted by molar-refractivity contribution is -0.125. The van der Waals surface area contributed by atoms with Gasteiger partial charge >= 0.3 is 6.03 Å². The van der Waals surface area contributed by atoms with Crippen LogP contribution in [0.1, 0.15) is 44.2 Å². The van der Waals surface area contributed by atoms with Crippen LogP contribution in [0.3, 0.4) is 0 Å². The molecular weight excluding hydrogens is 409 g/mol. The Balaban J connectivity index is 1.52. The number of amides is 3. The van der Waals surface area contributed by atoms with Crippen LogP contribution in [-0.4, -0.2) is 65.9 Å². The van der Waals surface area contributed by atoms with E-state index < -0.39 is 29.5 Å². The third-order valence-electron chi connectivity index (χ3n) is 6.60. The Labute approximate surface area is 179 Å². The van der Waals surface area contributed by atoms with Crippen molar-refractivity contribution in [3.63, 3.8) is 0 Å². The molecule has 3 amide bonds. The molecule has 3 heterocycles. The molecule has 168 valence electrons. The largest absolute Gasteiger partial charge is 0.333 e. The average Bonchev–Trinajstić information content (AvgIpc) is 3.06. The summed E-state index contributed by atoms with van der Waals surface area (Å²) in [7, 11) is 1.54. The molecule has 2 unspecified atom stereocenters. The second-order valence-electron chi connectivity index (χ2n) is 8.55. The van der Waals surface area contributed by atoms with Crippen molar-refractivity contribution in [2.24, 2.45) is 0 Å². The van der Waals surface area contributed by atoms with Crippen molar-refractivity contribution in [3.05, 3.63) is 46.4 Å². The first-order valence-electron chi connectivity index (χ1n) is 10.7. The van der Waals surface area contributed by atoms with Gasteiger partial charge in [-0.15, -0.1) is 0 Å². The minimum absolute atomic E-state index is 0.207. The molecule has 0 aliphatic carbocycles. The van der Waals surface area contributed by atoms with E-state index in [1.807, 2.05) is 0 Å². The number of hydrogen-bond acceptors (Lipinski definition) is 3. The van der Waals surface area contributed by atoms with Gasteiger partial charge in [0.2, 0.25) is 0 Å². The van der Waals surface area contributed by atoms with Gasteiger partial charge in [0.15, 0.2) is 11.6 Å². The quantitative estimate of drug-likeness (QED) is 0.722. The third-order valence-corrected chi connectivity index (χ3v) is 6.60. The summed E-state index contributed by atoms with van der Waals surface area (Å²) in [6, 6.07) is -0.00729. The van der Waals surface area contributed by atoms with Crippen molar-refractivity contribution in [1.29, 1.82) is 0 Å². The van der Waals surface area contributed by atoms with Crippen LogP contribution in [0.2, 0.25) is 0 Å². The topological polar surface area (TPSA) is 55.9 Å². The monoisotopic (exact) mass is 436 g/mol. The highest BCUT2D eigenvalue weighted by Crippen LogP contribution is 2.37. The maximum atomic E-state index is 14.4. The van der Waals surface area contributed by atoms with E-state index in [1.165, 1.54) is 31.2 Å². The van der Waals surface area contributed by atoms with Crippen LogP contribution in [0, 0.1) is 17.5 Å². The van der Waals surface area contributed by atoms with Crippen LogP contribution in [0.5, 0.6) is 0 Å². The van der Waals surface area contributed by atoms with E-state index in [1.54, 1.807) is 4.90 Å². The Bertz CT molecular complexity index is 936. The second kappa shape index (κ2) is 8.53. The van der Waals surface area contributed by atoms with E-state index in [0.717, 1.165) is 19.5 Å². The molecule has 2 atom stereocenters. The van der Waals surface area contributed by atoms with Gasteiger partial charge in [0, 0.05) is 37.8 Å². The number of benzene rings is 1. The molecule has 1 fully saturated rings. The molecule has 0 saturated carbocycles. The van der Waals surface area contributed by atoms with E-state index in [9.17, 15) is 22.8 Å². The SMILES string of the molecule is CC1CCCCN1CCCN1CC2=C(C1=O)C(c1cc(F)c(F)cc1F)NC(=O)N2C. The van der Waals surface area contributed by atoms with Gasteiger partial charge in [0.25, 0.3) is 5.91 Å². The van der Waals surface area contributed by atoms with Crippen molar-refractivity contribution >= 4 is 11.9 Å². The van der Waals surface area contributed by atoms with Gasteiger partial charge in [-0.25, -0.2) is 18.0 Å². The van der Waals surface area contributed by atoms with Gasteiger partial charge < -0.3 is 15.1 Å². The average molecular weight is 436 g/mol. The van der Waals surface area contributed by atoms with Gasteiger partial charge in [-0.05, 0) is 38.8 Å². The van der Waals surface area contributed by atoms with Crippen molar-refractivity contribution in [3.8, 4) is 0 Å². The van der Waals surface area contributed by atoms with E-state index >= 15 is 0 Å². The lowest BCUT2D eigenvalue weighted by Gasteiger charge is -2.33. The Morgan fingerprint density at radius 3 is 2.55 bits per heavy atom. The number of likely N-dealkylation sites (tertiary alicyclic amines) is 1. The predicted molar refractivity (Wildman–Crippen MR) is 108 cm³/mol. The third kappa shape index (κ3) is 4.03. The zero-order chi connectivity index (χ0) is 22.3. The first-order valence-corrected chi connectivity index (χ1v) is 10.7. The highest BCUT2D eigenvalue weighted by molar-refractivity contribution is 6.01. The lowest BCUT2D eigenvalue weighted by Crippen LogP contribution is -2.45. The summed E-state index contributed by atoms with van der Waals surface area (Å²) in [6.45, 7) is 4.89. The Kier molecular flexibility index (Phi) is 5.96. The fourth-order valence-corrected chi connectivity index (χ4v) is 4.75. The number of nitrogens with one attached hydrogen (secondary N) is 1. The number of carbonyl (C=O) groups is 2. The molecule has 1 aromatic rings. The summed E-state index contributed by atoms with van der Waals surface area (Å²) in [5, 5.41) is 2.55. The van der Waals surface area contributed by atoms with Crippen molar-refractivity contribution in [1.82, 2.24) is 20.0 Å². The summed E-state index contributed by atoms with van der Waals surface area (Å²) in [5.41, 5.74) is 0.415. The standard InChI is InChI=1S/C22H27F3N4O2/c1-13-6-3-4-7-28(13)8-5-9-29-12-18-19(21(29)30)20(26-22(31)27(18)2)14-10-16(24)17(25)11-15(14)23/h10-11,13,20H,3-9,12H2,1-2H3,(H,26,31). The zero-order valence-electron chi connectivity index (χ0n) is 17.8. The summed E-state index contributed by atoms with van der Waals surface area (Å²) < 4.78 is 41.6. The van der Waals surface area contributed by atoms with Gasteiger partial charge in [0.1, 0.15) is 5.82 Å². The Hall–Kier alpha value is -2.55. The number of nitrogens with zero attached hydrogens (tertiary/aromatic N) is 3.